The van der Waals surface area contributed by atoms with Crippen LogP contribution in [-0.2, 0) is 16.1 Å². The minimum atomic E-state index is -0.896. The Labute approximate surface area is 285 Å². The molecular weight excluding hydrogens is 640 g/mol. The second-order valence-electron chi connectivity index (χ2n) is 11.3. The van der Waals surface area contributed by atoms with E-state index in [2.05, 4.69) is 18.2 Å². The van der Waals surface area contributed by atoms with Gasteiger partial charge in [0.2, 0.25) is 0 Å². The third-order valence-electron chi connectivity index (χ3n) is 8.31. The van der Waals surface area contributed by atoms with Gasteiger partial charge in [-0.05, 0) is 64.7 Å². The second-order valence-corrected chi connectivity index (χ2v) is 12.3. The van der Waals surface area contributed by atoms with Crippen molar-refractivity contribution in [3.8, 4) is 11.5 Å². The lowest BCUT2D eigenvalue weighted by Crippen LogP contribution is -2.40. The molecule has 7 rings (SSSR count). The molecule has 7 nitrogen and oxygen atoms in total. The number of benzene rings is 5. The Bertz CT molecular complexity index is 2390. The van der Waals surface area contributed by atoms with Crippen LogP contribution < -0.4 is 24.4 Å². The van der Waals surface area contributed by atoms with Crippen LogP contribution in [0.5, 0.6) is 11.5 Å². The number of esters is 1. The van der Waals surface area contributed by atoms with Crippen LogP contribution in [0, 0.1) is 5.82 Å². The highest BCUT2D eigenvalue weighted by Gasteiger charge is 2.35. The quantitative estimate of drug-likeness (QED) is 0.158. The first kappa shape index (κ1) is 31.8. The predicted octanol–water partition coefficient (Wildman–Crippen LogP) is 6.82. The van der Waals surface area contributed by atoms with Gasteiger partial charge in [0.1, 0.15) is 12.4 Å². The van der Waals surface area contributed by atoms with Crippen molar-refractivity contribution in [2.24, 2.45) is 4.99 Å². The molecule has 244 valence electrons. The zero-order valence-electron chi connectivity index (χ0n) is 26.8. The molecular formula is C40H31FN2O5S. The molecule has 0 spiro atoms. The van der Waals surface area contributed by atoms with E-state index in [4.69, 9.17) is 19.2 Å². The van der Waals surface area contributed by atoms with Crippen molar-refractivity contribution in [1.29, 1.82) is 0 Å². The summed E-state index contributed by atoms with van der Waals surface area (Å²) in [6.45, 7) is 2.21. The first-order chi connectivity index (χ1) is 23.9. The monoisotopic (exact) mass is 670 g/mol. The number of nitrogens with zero attached hydrogens (tertiary/aromatic N) is 2. The SMILES string of the molecule is CCOC(=O)C1=C(c2ccccc2)N=c2s/c(=C\c3ccc(OCc4cccc5ccccc45)c(OC)c3)c(=O)n2[C@@H]1c1ccc(F)cc1. The molecule has 9 heteroatoms. The summed E-state index contributed by atoms with van der Waals surface area (Å²) in [4.78, 5) is 33.1. The number of aromatic nitrogens is 1. The average molecular weight is 671 g/mol. The van der Waals surface area contributed by atoms with Crippen molar-refractivity contribution in [2.45, 2.75) is 19.6 Å². The molecule has 0 bridgehead atoms. The summed E-state index contributed by atoms with van der Waals surface area (Å²) < 4.78 is 33.3. The molecule has 1 aromatic heterocycles. The van der Waals surface area contributed by atoms with E-state index in [0.29, 0.717) is 49.8 Å². The molecule has 1 aliphatic rings. The fraction of sp³-hybridized carbons (Fsp3) is 0.125. The van der Waals surface area contributed by atoms with E-state index >= 15 is 0 Å². The van der Waals surface area contributed by atoms with Gasteiger partial charge in [-0.1, -0.05) is 102 Å². The Morgan fingerprint density at radius 2 is 1.67 bits per heavy atom. The Hall–Kier alpha value is -5.80. The molecule has 1 atom stereocenters. The van der Waals surface area contributed by atoms with Crippen LogP contribution in [-0.4, -0.2) is 24.3 Å². The summed E-state index contributed by atoms with van der Waals surface area (Å²) in [6.07, 6.45) is 1.76. The van der Waals surface area contributed by atoms with Crippen LogP contribution in [0.4, 0.5) is 4.39 Å². The van der Waals surface area contributed by atoms with E-state index in [1.54, 1.807) is 32.2 Å². The lowest BCUT2D eigenvalue weighted by Gasteiger charge is -2.25. The third-order valence-corrected chi connectivity index (χ3v) is 9.29. The molecule has 1 aliphatic heterocycles. The van der Waals surface area contributed by atoms with Crippen LogP contribution in [0.25, 0.3) is 22.5 Å². The number of thiazole rings is 1. The van der Waals surface area contributed by atoms with Crippen molar-refractivity contribution in [3.05, 3.63) is 169 Å². The molecule has 5 aromatic carbocycles. The van der Waals surface area contributed by atoms with Crippen molar-refractivity contribution >= 4 is 39.9 Å². The molecule has 0 unspecified atom stereocenters. The number of hydrogen-bond acceptors (Lipinski definition) is 7. The number of ether oxygens (including phenoxy) is 3. The fourth-order valence-electron chi connectivity index (χ4n) is 6.02. The van der Waals surface area contributed by atoms with E-state index in [0.717, 1.165) is 16.3 Å². The summed E-state index contributed by atoms with van der Waals surface area (Å²) in [5.74, 6) is 0.0518. The summed E-state index contributed by atoms with van der Waals surface area (Å²) in [7, 11) is 1.57. The van der Waals surface area contributed by atoms with Gasteiger partial charge in [0, 0.05) is 5.56 Å². The number of halogens is 1. The van der Waals surface area contributed by atoms with E-state index in [1.807, 2.05) is 72.8 Å². The second kappa shape index (κ2) is 13.7. The molecule has 6 aromatic rings. The van der Waals surface area contributed by atoms with Gasteiger partial charge < -0.3 is 14.2 Å². The maximum Gasteiger partial charge on any atom is 0.338 e. The summed E-state index contributed by atoms with van der Waals surface area (Å²) in [6, 6.07) is 33.9. The van der Waals surface area contributed by atoms with Crippen LogP contribution in [0.15, 0.2) is 131 Å². The van der Waals surface area contributed by atoms with Crippen LogP contribution in [0.2, 0.25) is 0 Å². The van der Waals surface area contributed by atoms with Crippen molar-refractivity contribution in [3.63, 3.8) is 0 Å². The van der Waals surface area contributed by atoms with Crippen molar-refractivity contribution in [1.82, 2.24) is 4.57 Å². The largest absolute Gasteiger partial charge is 0.493 e. The Morgan fingerprint density at radius 3 is 2.45 bits per heavy atom. The van der Waals surface area contributed by atoms with Crippen molar-refractivity contribution in [2.75, 3.05) is 13.7 Å². The highest BCUT2D eigenvalue weighted by Crippen LogP contribution is 2.35. The van der Waals surface area contributed by atoms with Gasteiger partial charge in [-0.25, -0.2) is 14.2 Å². The number of carbonyl (C=O) groups is 1. The maximum absolute atomic E-state index is 14.2. The highest BCUT2D eigenvalue weighted by molar-refractivity contribution is 7.07. The first-order valence-electron chi connectivity index (χ1n) is 15.8. The number of rotatable bonds is 9. The zero-order chi connectivity index (χ0) is 33.9. The molecule has 0 saturated carbocycles. The number of hydrogen-bond donors (Lipinski definition) is 0. The fourth-order valence-corrected chi connectivity index (χ4v) is 7.02. The highest BCUT2D eigenvalue weighted by atomic mass is 32.1. The number of carbonyl (C=O) groups excluding carboxylic acids is 1. The molecule has 0 saturated heterocycles. The van der Waals surface area contributed by atoms with Gasteiger partial charge in [0.25, 0.3) is 5.56 Å². The number of fused-ring (bicyclic) bond motifs is 2. The minimum Gasteiger partial charge on any atom is -0.493 e. The normalized spacial score (nSPS) is 14.3. The van der Waals surface area contributed by atoms with Gasteiger partial charge in [0.05, 0.1) is 35.6 Å². The molecule has 2 heterocycles. The first-order valence-corrected chi connectivity index (χ1v) is 16.6. The summed E-state index contributed by atoms with van der Waals surface area (Å²) >= 11 is 1.21. The van der Waals surface area contributed by atoms with Gasteiger partial charge in [-0.2, -0.15) is 0 Å². The van der Waals surface area contributed by atoms with E-state index in [-0.39, 0.29) is 17.7 Å². The van der Waals surface area contributed by atoms with Crippen molar-refractivity contribution < 1.29 is 23.4 Å². The summed E-state index contributed by atoms with van der Waals surface area (Å²) in [5.41, 5.74) is 3.27. The van der Waals surface area contributed by atoms with Crippen LogP contribution >= 0.6 is 11.3 Å². The Morgan fingerprint density at radius 1 is 0.918 bits per heavy atom. The van der Waals surface area contributed by atoms with E-state index < -0.39 is 17.8 Å². The molecule has 0 N–H and O–H groups in total. The topological polar surface area (TPSA) is 79.1 Å². The zero-order valence-corrected chi connectivity index (χ0v) is 27.6. The molecule has 0 amide bonds. The molecule has 49 heavy (non-hydrogen) atoms. The predicted molar refractivity (Wildman–Crippen MR) is 189 cm³/mol. The lowest BCUT2D eigenvalue weighted by atomic mass is 9.93. The third kappa shape index (κ3) is 6.28. The average Bonchev–Trinajstić information content (AvgIpc) is 3.44. The van der Waals surface area contributed by atoms with Gasteiger partial charge >= 0.3 is 5.97 Å². The minimum absolute atomic E-state index is 0.133. The lowest BCUT2D eigenvalue weighted by molar-refractivity contribution is -0.138. The van der Waals surface area contributed by atoms with Gasteiger partial charge in [0.15, 0.2) is 16.3 Å². The standard InChI is InChI=1S/C40H31FN2O5S/c1-3-47-39(45)35-36(27-11-5-4-6-12-27)42-40-43(37(35)28-17-19-30(41)20-18-28)38(44)34(49-40)23-25-16-21-32(33(22-25)46-2)48-24-29-14-9-13-26-10-7-8-15-31(26)29/h4-23,37H,3,24H2,1-2H3/b34-23-/t37-/m1/s1. The Kier molecular flexibility index (Phi) is 8.91. The van der Waals surface area contributed by atoms with E-state index in [9.17, 15) is 14.0 Å². The Balaban J connectivity index is 1.31. The van der Waals surface area contributed by atoms with Gasteiger partial charge in [-0.3, -0.25) is 9.36 Å². The van der Waals surface area contributed by atoms with Crippen LogP contribution in [0.3, 0.4) is 0 Å². The number of methoxy groups -OCH3 is 1. The van der Waals surface area contributed by atoms with Gasteiger partial charge in [-0.15, -0.1) is 0 Å². The maximum atomic E-state index is 14.2. The molecule has 0 fully saturated rings. The molecule has 0 aliphatic carbocycles. The van der Waals surface area contributed by atoms with E-state index in [1.165, 1.54) is 28.0 Å². The van der Waals surface area contributed by atoms with Crippen LogP contribution in [0.1, 0.15) is 35.2 Å². The smallest absolute Gasteiger partial charge is 0.338 e. The molecule has 0 radical (unpaired) electrons. The summed E-state index contributed by atoms with van der Waals surface area (Å²) in [5, 5.41) is 2.26.